The van der Waals surface area contributed by atoms with E-state index < -0.39 is 0 Å². The molecule has 0 saturated heterocycles. The predicted octanol–water partition coefficient (Wildman–Crippen LogP) is 3.32. The second-order valence-corrected chi connectivity index (χ2v) is 5.42. The standard InChI is InChI=1S/C14H22O2/c1-10(2)14(15)16-9-12-8-7-11-5-3-4-6-13(11)12/h11-13H,1,3-9H2,2H3. The van der Waals surface area contributed by atoms with Crippen molar-refractivity contribution >= 4 is 5.97 Å². The molecule has 0 N–H and O–H groups in total. The first kappa shape index (κ1) is 11.7. The molecule has 0 radical (unpaired) electrons. The average molecular weight is 222 g/mol. The molecule has 2 heteroatoms. The molecule has 0 aromatic rings. The number of carbonyl (C=O) groups excluding carboxylic acids is 1. The Morgan fingerprint density at radius 1 is 1.25 bits per heavy atom. The molecule has 0 aromatic carbocycles. The van der Waals surface area contributed by atoms with Crippen LogP contribution in [0.4, 0.5) is 0 Å². The molecule has 2 aliphatic carbocycles. The molecular formula is C14H22O2. The summed E-state index contributed by atoms with van der Waals surface area (Å²) in [6.45, 7) is 5.93. The van der Waals surface area contributed by atoms with Gasteiger partial charge >= 0.3 is 5.97 Å². The van der Waals surface area contributed by atoms with Crippen molar-refractivity contribution in [2.24, 2.45) is 17.8 Å². The Morgan fingerprint density at radius 2 is 2.00 bits per heavy atom. The first-order valence-corrected chi connectivity index (χ1v) is 6.51. The fourth-order valence-electron chi connectivity index (χ4n) is 3.37. The second kappa shape index (κ2) is 5.03. The molecule has 0 spiro atoms. The number of carbonyl (C=O) groups is 1. The molecule has 90 valence electrons. The zero-order chi connectivity index (χ0) is 11.5. The van der Waals surface area contributed by atoms with Crippen molar-refractivity contribution in [3.8, 4) is 0 Å². The zero-order valence-corrected chi connectivity index (χ0v) is 10.2. The van der Waals surface area contributed by atoms with Crippen LogP contribution in [0.15, 0.2) is 12.2 Å². The Kier molecular flexibility index (Phi) is 3.67. The molecule has 2 rings (SSSR count). The first-order valence-electron chi connectivity index (χ1n) is 6.51. The van der Waals surface area contributed by atoms with E-state index in [2.05, 4.69) is 6.58 Å². The molecule has 2 aliphatic rings. The lowest BCUT2D eigenvalue weighted by molar-refractivity contribution is -0.140. The van der Waals surface area contributed by atoms with Crippen LogP contribution in [0.3, 0.4) is 0 Å². The van der Waals surface area contributed by atoms with Gasteiger partial charge in [-0.05, 0) is 43.9 Å². The van der Waals surface area contributed by atoms with Crippen molar-refractivity contribution in [1.82, 2.24) is 0 Å². The highest BCUT2D eigenvalue weighted by Crippen LogP contribution is 2.45. The fraction of sp³-hybridized carbons (Fsp3) is 0.786. The Morgan fingerprint density at radius 3 is 2.75 bits per heavy atom. The Balaban J connectivity index is 1.82. The van der Waals surface area contributed by atoms with E-state index in [1.54, 1.807) is 6.92 Å². The molecule has 0 heterocycles. The first-order chi connectivity index (χ1) is 7.68. The number of rotatable bonds is 3. The molecule has 16 heavy (non-hydrogen) atoms. The summed E-state index contributed by atoms with van der Waals surface area (Å²) in [4.78, 5) is 11.3. The molecule has 0 bridgehead atoms. The van der Waals surface area contributed by atoms with Crippen LogP contribution >= 0.6 is 0 Å². The van der Waals surface area contributed by atoms with Crippen LogP contribution in [-0.2, 0) is 9.53 Å². The van der Waals surface area contributed by atoms with E-state index in [0.717, 1.165) is 11.8 Å². The molecular weight excluding hydrogens is 200 g/mol. The Hall–Kier alpha value is -0.790. The second-order valence-electron chi connectivity index (χ2n) is 5.42. The van der Waals surface area contributed by atoms with Crippen LogP contribution in [0.25, 0.3) is 0 Å². The Bertz CT molecular complexity index is 282. The predicted molar refractivity (Wildman–Crippen MR) is 63.9 cm³/mol. The lowest BCUT2D eigenvalue weighted by Gasteiger charge is -2.28. The van der Waals surface area contributed by atoms with E-state index in [0.29, 0.717) is 18.1 Å². The molecule has 0 aliphatic heterocycles. The number of hydrogen-bond donors (Lipinski definition) is 0. The van der Waals surface area contributed by atoms with Gasteiger partial charge in [0.05, 0.1) is 6.61 Å². The molecule has 2 fully saturated rings. The largest absolute Gasteiger partial charge is 0.462 e. The maximum atomic E-state index is 11.3. The van der Waals surface area contributed by atoms with E-state index in [-0.39, 0.29) is 5.97 Å². The molecule has 0 amide bonds. The molecule has 3 atom stereocenters. The quantitative estimate of drug-likeness (QED) is 0.541. The van der Waals surface area contributed by atoms with E-state index in [1.165, 1.54) is 38.5 Å². The van der Waals surface area contributed by atoms with Gasteiger partial charge in [0.25, 0.3) is 0 Å². The van der Waals surface area contributed by atoms with Crippen LogP contribution in [0.5, 0.6) is 0 Å². The van der Waals surface area contributed by atoms with Crippen molar-refractivity contribution < 1.29 is 9.53 Å². The summed E-state index contributed by atoms with van der Waals surface area (Å²) in [6.07, 6.45) is 8.11. The Labute approximate surface area is 98.1 Å². The summed E-state index contributed by atoms with van der Waals surface area (Å²) in [5, 5.41) is 0. The molecule has 2 saturated carbocycles. The minimum Gasteiger partial charge on any atom is -0.462 e. The van der Waals surface area contributed by atoms with E-state index >= 15 is 0 Å². The zero-order valence-electron chi connectivity index (χ0n) is 10.2. The number of esters is 1. The number of hydrogen-bond acceptors (Lipinski definition) is 2. The highest BCUT2D eigenvalue weighted by Gasteiger charge is 2.37. The lowest BCUT2D eigenvalue weighted by Crippen LogP contribution is -2.23. The third kappa shape index (κ3) is 2.47. The number of fused-ring (bicyclic) bond motifs is 1. The van der Waals surface area contributed by atoms with Gasteiger partial charge in [-0.1, -0.05) is 25.8 Å². The third-order valence-corrected chi connectivity index (χ3v) is 4.26. The topological polar surface area (TPSA) is 26.3 Å². The number of ether oxygens (including phenoxy) is 1. The summed E-state index contributed by atoms with van der Waals surface area (Å²) >= 11 is 0. The van der Waals surface area contributed by atoms with E-state index in [4.69, 9.17) is 4.74 Å². The fourth-order valence-corrected chi connectivity index (χ4v) is 3.37. The monoisotopic (exact) mass is 222 g/mol. The summed E-state index contributed by atoms with van der Waals surface area (Å²) in [5.41, 5.74) is 0.512. The van der Waals surface area contributed by atoms with Crippen molar-refractivity contribution in [3.05, 3.63) is 12.2 Å². The summed E-state index contributed by atoms with van der Waals surface area (Å²) < 4.78 is 5.30. The van der Waals surface area contributed by atoms with Crippen molar-refractivity contribution in [1.29, 1.82) is 0 Å². The third-order valence-electron chi connectivity index (χ3n) is 4.26. The molecule has 2 nitrogen and oxygen atoms in total. The van der Waals surface area contributed by atoms with E-state index in [1.807, 2.05) is 0 Å². The van der Waals surface area contributed by atoms with Gasteiger partial charge in [-0.3, -0.25) is 0 Å². The summed E-state index contributed by atoms with van der Waals surface area (Å²) in [5.74, 6) is 2.14. The van der Waals surface area contributed by atoms with Crippen LogP contribution in [0, 0.1) is 17.8 Å². The van der Waals surface area contributed by atoms with Crippen LogP contribution in [0.2, 0.25) is 0 Å². The summed E-state index contributed by atoms with van der Waals surface area (Å²) in [7, 11) is 0. The molecule has 3 unspecified atom stereocenters. The van der Waals surface area contributed by atoms with E-state index in [9.17, 15) is 4.79 Å². The van der Waals surface area contributed by atoms with Gasteiger partial charge in [-0.25, -0.2) is 4.79 Å². The maximum absolute atomic E-state index is 11.3. The van der Waals surface area contributed by atoms with Gasteiger partial charge in [0.2, 0.25) is 0 Å². The van der Waals surface area contributed by atoms with Gasteiger partial charge in [0.15, 0.2) is 0 Å². The highest BCUT2D eigenvalue weighted by atomic mass is 16.5. The minimum atomic E-state index is -0.223. The van der Waals surface area contributed by atoms with Crippen LogP contribution < -0.4 is 0 Å². The SMILES string of the molecule is C=C(C)C(=O)OCC1CCC2CCCCC21. The summed E-state index contributed by atoms with van der Waals surface area (Å²) in [6, 6.07) is 0. The van der Waals surface area contributed by atoms with Gasteiger partial charge < -0.3 is 4.74 Å². The van der Waals surface area contributed by atoms with Crippen molar-refractivity contribution in [2.75, 3.05) is 6.61 Å². The molecule has 0 aromatic heterocycles. The van der Waals surface area contributed by atoms with Crippen LogP contribution in [-0.4, -0.2) is 12.6 Å². The van der Waals surface area contributed by atoms with Gasteiger partial charge in [-0.2, -0.15) is 0 Å². The average Bonchev–Trinajstić information content (AvgIpc) is 2.69. The van der Waals surface area contributed by atoms with Gasteiger partial charge in [-0.15, -0.1) is 0 Å². The maximum Gasteiger partial charge on any atom is 0.333 e. The van der Waals surface area contributed by atoms with Crippen molar-refractivity contribution in [2.45, 2.75) is 45.4 Å². The van der Waals surface area contributed by atoms with Crippen LogP contribution in [0.1, 0.15) is 45.4 Å². The van der Waals surface area contributed by atoms with Gasteiger partial charge in [0, 0.05) is 5.57 Å². The minimum absolute atomic E-state index is 0.223. The highest BCUT2D eigenvalue weighted by molar-refractivity contribution is 5.86. The van der Waals surface area contributed by atoms with Gasteiger partial charge in [0.1, 0.15) is 0 Å². The van der Waals surface area contributed by atoms with Crippen molar-refractivity contribution in [3.63, 3.8) is 0 Å². The smallest absolute Gasteiger partial charge is 0.333 e. The lowest BCUT2D eigenvalue weighted by atomic mass is 9.78. The normalized spacial score (nSPS) is 33.2.